The molecule has 6 nitrogen and oxygen atoms in total. The molecule has 0 bridgehead atoms. The van der Waals surface area contributed by atoms with Gasteiger partial charge in [-0.15, -0.1) is 0 Å². The van der Waals surface area contributed by atoms with Gasteiger partial charge in [-0.3, -0.25) is 4.79 Å². The summed E-state index contributed by atoms with van der Waals surface area (Å²) in [6, 6.07) is 15.3. The maximum Gasteiger partial charge on any atom is 0.335 e. The average molecular weight is 390 g/mol. The van der Waals surface area contributed by atoms with Crippen molar-refractivity contribution < 1.29 is 23.5 Å². The van der Waals surface area contributed by atoms with Crippen molar-refractivity contribution in [2.45, 2.75) is 6.92 Å². The fraction of sp³-hybridized carbons (Fsp3) is 0.0455. The topological polar surface area (TPSA) is 83.1 Å². The predicted octanol–water partition coefficient (Wildman–Crippen LogP) is 4.59. The third-order valence-electron chi connectivity index (χ3n) is 4.46. The molecule has 1 amide bonds. The van der Waals surface area contributed by atoms with Crippen LogP contribution in [0.15, 0.2) is 75.8 Å². The number of furan rings is 1. The van der Waals surface area contributed by atoms with Crippen molar-refractivity contribution in [1.29, 1.82) is 0 Å². The van der Waals surface area contributed by atoms with Gasteiger partial charge >= 0.3 is 5.97 Å². The van der Waals surface area contributed by atoms with Gasteiger partial charge in [-0.2, -0.15) is 10.1 Å². The fourth-order valence-electron chi connectivity index (χ4n) is 2.95. The number of rotatable bonds is 4. The first-order valence-electron chi connectivity index (χ1n) is 8.73. The Labute approximate surface area is 165 Å². The first-order valence-corrected chi connectivity index (χ1v) is 8.73. The number of aromatic carboxylic acids is 1. The first kappa shape index (κ1) is 18.4. The zero-order chi connectivity index (χ0) is 20.5. The van der Waals surface area contributed by atoms with Crippen LogP contribution in [0.4, 0.5) is 10.1 Å². The molecule has 3 aromatic rings. The zero-order valence-corrected chi connectivity index (χ0v) is 15.3. The summed E-state index contributed by atoms with van der Waals surface area (Å²) in [7, 11) is 0. The van der Waals surface area contributed by atoms with E-state index < -0.39 is 11.8 Å². The average Bonchev–Trinajstić information content (AvgIpc) is 3.29. The molecule has 0 fully saturated rings. The number of carboxylic acids is 1. The molecule has 0 atom stereocenters. The molecule has 1 aliphatic heterocycles. The Kier molecular flexibility index (Phi) is 4.56. The van der Waals surface area contributed by atoms with Crippen LogP contribution in [0.2, 0.25) is 0 Å². The molecule has 4 rings (SSSR count). The summed E-state index contributed by atoms with van der Waals surface area (Å²) in [5, 5.41) is 14.4. The maximum atomic E-state index is 13.1. The van der Waals surface area contributed by atoms with Crippen LogP contribution in [-0.2, 0) is 4.79 Å². The molecule has 0 aliphatic carbocycles. The highest BCUT2D eigenvalue weighted by Gasteiger charge is 2.29. The van der Waals surface area contributed by atoms with Crippen LogP contribution in [0, 0.1) is 5.82 Å². The highest BCUT2D eigenvalue weighted by Crippen LogP contribution is 2.28. The molecular weight excluding hydrogens is 375 g/mol. The van der Waals surface area contributed by atoms with E-state index in [1.165, 1.54) is 41.4 Å². The summed E-state index contributed by atoms with van der Waals surface area (Å²) < 4.78 is 18.9. The van der Waals surface area contributed by atoms with Gasteiger partial charge in [0.05, 0.1) is 22.5 Å². The summed E-state index contributed by atoms with van der Waals surface area (Å²) in [5.74, 6) is -0.721. The predicted molar refractivity (Wildman–Crippen MR) is 106 cm³/mol. The number of amides is 1. The molecule has 2 aromatic carbocycles. The van der Waals surface area contributed by atoms with Crippen LogP contribution in [0.25, 0.3) is 17.4 Å². The summed E-state index contributed by atoms with van der Waals surface area (Å²) in [5.41, 5.74) is 2.26. The van der Waals surface area contributed by atoms with Crippen LogP contribution in [0.3, 0.4) is 0 Å². The minimum atomic E-state index is -0.998. The van der Waals surface area contributed by atoms with Gasteiger partial charge in [0.1, 0.15) is 17.3 Å². The molecule has 7 heteroatoms. The fourth-order valence-corrected chi connectivity index (χ4v) is 2.95. The number of halogens is 1. The van der Waals surface area contributed by atoms with Gasteiger partial charge in [0, 0.05) is 5.56 Å². The lowest BCUT2D eigenvalue weighted by atomic mass is 10.1. The van der Waals surface area contributed by atoms with E-state index in [1.807, 2.05) is 0 Å². The van der Waals surface area contributed by atoms with Crippen LogP contribution in [0.1, 0.15) is 23.0 Å². The minimum absolute atomic E-state index is 0.187. The van der Waals surface area contributed by atoms with Gasteiger partial charge in [-0.05, 0) is 61.5 Å². The zero-order valence-electron chi connectivity index (χ0n) is 15.3. The number of carbonyl (C=O) groups excluding carboxylic acids is 1. The largest absolute Gasteiger partial charge is 0.478 e. The molecule has 144 valence electrons. The highest BCUT2D eigenvalue weighted by molar-refractivity contribution is 6.32. The molecule has 0 saturated heterocycles. The van der Waals surface area contributed by atoms with Gasteiger partial charge in [0.2, 0.25) is 0 Å². The summed E-state index contributed by atoms with van der Waals surface area (Å²) in [4.78, 5) is 23.7. The van der Waals surface area contributed by atoms with E-state index in [0.717, 1.165) is 5.56 Å². The number of anilines is 1. The number of carboxylic acid groups (broad SMARTS) is 1. The van der Waals surface area contributed by atoms with Gasteiger partial charge < -0.3 is 9.52 Å². The summed E-state index contributed by atoms with van der Waals surface area (Å²) >= 11 is 0. The standard InChI is InChI=1S/C22H15FN2O4/c1-13-19(21(26)25(24-13)17-8-6-16(23)7-9-17)12-18-10-11-20(29-18)14-2-4-15(5-3-14)22(27)28/h2-12H,1H3,(H,27,28)/b19-12-. The van der Waals surface area contributed by atoms with Crippen molar-refractivity contribution in [2.75, 3.05) is 5.01 Å². The van der Waals surface area contributed by atoms with Crippen molar-refractivity contribution in [3.63, 3.8) is 0 Å². The number of hydrogen-bond donors (Lipinski definition) is 1. The van der Waals surface area contributed by atoms with Crippen LogP contribution < -0.4 is 5.01 Å². The Bertz CT molecular complexity index is 1160. The third kappa shape index (κ3) is 3.58. The van der Waals surface area contributed by atoms with Crippen molar-refractivity contribution >= 4 is 29.4 Å². The second-order valence-electron chi connectivity index (χ2n) is 6.42. The molecule has 1 N–H and O–H groups in total. The van der Waals surface area contributed by atoms with Crippen molar-refractivity contribution in [3.8, 4) is 11.3 Å². The maximum absolute atomic E-state index is 13.1. The molecule has 1 aromatic heterocycles. The quantitative estimate of drug-likeness (QED) is 0.661. The van der Waals surface area contributed by atoms with E-state index in [9.17, 15) is 14.0 Å². The molecule has 0 saturated carbocycles. The second-order valence-corrected chi connectivity index (χ2v) is 6.42. The lowest BCUT2D eigenvalue weighted by Gasteiger charge is -2.11. The molecular formula is C22H15FN2O4. The smallest absolute Gasteiger partial charge is 0.335 e. The second kappa shape index (κ2) is 7.20. The Hall–Kier alpha value is -4.00. The van der Waals surface area contributed by atoms with Crippen LogP contribution in [0.5, 0.6) is 0 Å². The van der Waals surface area contributed by atoms with Gasteiger partial charge in [0.25, 0.3) is 5.91 Å². The molecule has 29 heavy (non-hydrogen) atoms. The van der Waals surface area contributed by atoms with E-state index in [1.54, 1.807) is 37.3 Å². The van der Waals surface area contributed by atoms with Gasteiger partial charge in [-0.25, -0.2) is 9.18 Å². The lowest BCUT2D eigenvalue weighted by molar-refractivity contribution is -0.114. The van der Waals surface area contributed by atoms with Crippen LogP contribution >= 0.6 is 0 Å². The van der Waals surface area contributed by atoms with Crippen molar-refractivity contribution in [2.24, 2.45) is 5.10 Å². The van der Waals surface area contributed by atoms with Gasteiger partial charge in [0.15, 0.2) is 0 Å². The molecule has 2 heterocycles. The van der Waals surface area contributed by atoms with E-state index in [0.29, 0.717) is 28.5 Å². The van der Waals surface area contributed by atoms with Gasteiger partial charge in [-0.1, -0.05) is 12.1 Å². The first-order chi connectivity index (χ1) is 13.9. The Morgan fingerprint density at radius 2 is 1.76 bits per heavy atom. The van der Waals surface area contributed by atoms with E-state index in [-0.39, 0.29) is 11.5 Å². The van der Waals surface area contributed by atoms with Crippen molar-refractivity contribution in [1.82, 2.24) is 0 Å². The number of benzene rings is 2. The molecule has 0 unspecified atom stereocenters. The SMILES string of the molecule is CC1=NN(c2ccc(F)cc2)C(=O)/C1=C\c1ccc(-c2ccc(C(=O)O)cc2)o1. The van der Waals surface area contributed by atoms with Crippen molar-refractivity contribution in [3.05, 3.63) is 83.4 Å². The van der Waals surface area contributed by atoms with Crippen LogP contribution in [-0.4, -0.2) is 22.7 Å². The normalized spacial score (nSPS) is 15.1. The summed E-state index contributed by atoms with van der Waals surface area (Å²) in [6.45, 7) is 1.71. The minimum Gasteiger partial charge on any atom is -0.478 e. The molecule has 1 aliphatic rings. The lowest BCUT2D eigenvalue weighted by Crippen LogP contribution is -2.21. The van der Waals surface area contributed by atoms with E-state index >= 15 is 0 Å². The Balaban J connectivity index is 1.58. The Morgan fingerprint density at radius 3 is 2.41 bits per heavy atom. The number of carbonyl (C=O) groups is 2. The molecule has 0 radical (unpaired) electrons. The van der Waals surface area contributed by atoms with E-state index in [2.05, 4.69) is 5.10 Å². The third-order valence-corrected chi connectivity index (χ3v) is 4.46. The number of hydrogen-bond acceptors (Lipinski definition) is 4. The number of hydrazone groups is 1. The number of nitrogens with zero attached hydrogens (tertiary/aromatic N) is 2. The summed E-state index contributed by atoms with van der Waals surface area (Å²) in [6.07, 6.45) is 1.60. The monoisotopic (exact) mass is 390 g/mol. The highest BCUT2D eigenvalue weighted by atomic mass is 19.1. The van der Waals surface area contributed by atoms with E-state index in [4.69, 9.17) is 9.52 Å². The Morgan fingerprint density at radius 1 is 1.07 bits per heavy atom. The molecule has 0 spiro atoms.